The van der Waals surface area contributed by atoms with Gasteiger partial charge in [-0.15, -0.1) is 0 Å². The third kappa shape index (κ3) is 8.28. The van der Waals surface area contributed by atoms with Crippen LogP contribution in [0, 0.1) is 10.5 Å². The first-order valence-corrected chi connectivity index (χ1v) is 15.6. The Labute approximate surface area is 245 Å². The van der Waals surface area contributed by atoms with Gasteiger partial charge in [0.25, 0.3) is 10.0 Å². The molecule has 3 aromatic rings. The summed E-state index contributed by atoms with van der Waals surface area (Å²) in [4.78, 5) is 28.8. The van der Waals surface area contributed by atoms with Crippen molar-refractivity contribution in [2.45, 2.75) is 57.5 Å². The van der Waals surface area contributed by atoms with Crippen molar-refractivity contribution >= 4 is 50.1 Å². The van der Waals surface area contributed by atoms with Crippen molar-refractivity contribution < 1.29 is 18.0 Å². The number of anilines is 1. The number of rotatable bonds is 13. The van der Waals surface area contributed by atoms with Crippen molar-refractivity contribution in [3.8, 4) is 0 Å². The summed E-state index contributed by atoms with van der Waals surface area (Å²) in [6, 6.07) is 22.1. The zero-order chi connectivity index (χ0) is 28.4. The lowest BCUT2D eigenvalue weighted by molar-refractivity contribution is -0.140. The number of amides is 2. The third-order valence-corrected chi connectivity index (χ3v) is 8.92. The van der Waals surface area contributed by atoms with Crippen LogP contribution in [0.2, 0.25) is 0 Å². The summed E-state index contributed by atoms with van der Waals surface area (Å²) in [6.45, 7) is 6.15. The maximum atomic E-state index is 14.0. The molecule has 2 amide bonds. The van der Waals surface area contributed by atoms with Gasteiger partial charge in [-0.05, 0) is 84.3 Å². The number of sulfonamides is 1. The van der Waals surface area contributed by atoms with E-state index in [1.165, 1.54) is 17.0 Å². The molecule has 0 radical (unpaired) electrons. The molecule has 3 rings (SSSR count). The average molecular weight is 662 g/mol. The maximum absolute atomic E-state index is 14.0. The van der Waals surface area contributed by atoms with Crippen LogP contribution in [-0.2, 0) is 26.2 Å². The molecule has 0 aliphatic carbocycles. The van der Waals surface area contributed by atoms with Crippen LogP contribution in [0.5, 0.6) is 0 Å². The molecule has 208 valence electrons. The predicted molar refractivity (Wildman–Crippen MR) is 164 cm³/mol. The predicted octanol–water partition coefficient (Wildman–Crippen LogP) is 5.52. The number of hydrogen-bond donors (Lipinski definition) is 1. The Kier molecular flexibility index (Phi) is 11.4. The Morgan fingerprint density at radius 1 is 0.923 bits per heavy atom. The third-order valence-electron chi connectivity index (χ3n) is 6.41. The van der Waals surface area contributed by atoms with Gasteiger partial charge in [-0.1, -0.05) is 68.3 Å². The summed E-state index contributed by atoms with van der Waals surface area (Å²) in [5, 5.41) is 2.95. The number of aryl methyl sites for hydroxylation is 1. The van der Waals surface area contributed by atoms with Crippen LogP contribution in [-0.4, -0.2) is 44.3 Å². The minimum atomic E-state index is -4.06. The van der Waals surface area contributed by atoms with Crippen molar-refractivity contribution in [3.05, 3.63) is 93.6 Å². The summed E-state index contributed by atoms with van der Waals surface area (Å²) in [7, 11) is -4.06. The fourth-order valence-corrected chi connectivity index (χ4v) is 5.97. The molecule has 0 aliphatic heterocycles. The molecular weight excluding hydrogens is 625 g/mol. The highest BCUT2D eigenvalue weighted by molar-refractivity contribution is 14.1. The molecule has 9 heteroatoms. The van der Waals surface area contributed by atoms with Crippen LogP contribution < -0.4 is 9.62 Å². The van der Waals surface area contributed by atoms with Gasteiger partial charge in [0.15, 0.2) is 0 Å². The monoisotopic (exact) mass is 661 g/mol. The quantitative estimate of drug-likeness (QED) is 0.193. The largest absolute Gasteiger partial charge is 0.354 e. The van der Waals surface area contributed by atoms with E-state index in [-0.39, 0.29) is 17.3 Å². The summed E-state index contributed by atoms with van der Waals surface area (Å²) in [6.07, 6.45) is 2.17. The molecule has 0 bridgehead atoms. The zero-order valence-corrected chi connectivity index (χ0v) is 25.6. The van der Waals surface area contributed by atoms with Crippen LogP contribution in [0.3, 0.4) is 0 Å². The number of nitrogens with zero attached hydrogens (tertiary/aromatic N) is 2. The molecule has 1 N–H and O–H groups in total. The number of halogens is 1. The Bertz CT molecular complexity index is 1330. The smallest absolute Gasteiger partial charge is 0.264 e. The van der Waals surface area contributed by atoms with Crippen molar-refractivity contribution in [1.29, 1.82) is 0 Å². The molecule has 0 aliphatic rings. The van der Waals surface area contributed by atoms with Gasteiger partial charge in [0.2, 0.25) is 11.8 Å². The van der Waals surface area contributed by atoms with Crippen LogP contribution >= 0.6 is 22.6 Å². The Morgan fingerprint density at radius 2 is 1.56 bits per heavy atom. The molecule has 0 saturated heterocycles. The van der Waals surface area contributed by atoms with Crippen LogP contribution in [0.1, 0.15) is 44.2 Å². The number of benzene rings is 3. The molecule has 0 heterocycles. The molecule has 3 aromatic carbocycles. The highest BCUT2D eigenvalue weighted by atomic mass is 127. The summed E-state index contributed by atoms with van der Waals surface area (Å²) in [5.41, 5.74) is 2.32. The second-order valence-corrected chi connectivity index (χ2v) is 12.5. The number of hydrogen-bond acceptors (Lipinski definition) is 4. The van der Waals surface area contributed by atoms with E-state index >= 15 is 0 Å². The first-order chi connectivity index (χ1) is 18.7. The van der Waals surface area contributed by atoms with Gasteiger partial charge in [-0.25, -0.2) is 8.42 Å². The lowest BCUT2D eigenvalue weighted by Gasteiger charge is -2.33. The van der Waals surface area contributed by atoms with Gasteiger partial charge in [-0.2, -0.15) is 0 Å². The fourth-order valence-electron chi connectivity index (χ4n) is 4.17. The minimum absolute atomic E-state index is 0.0887. The highest BCUT2D eigenvalue weighted by Crippen LogP contribution is 2.25. The molecule has 1 atom stereocenters. The first kappa shape index (κ1) is 30.6. The molecule has 0 spiro atoms. The Morgan fingerprint density at radius 3 is 2.15 bits per heavy atom. The van der Waals surface area contributed by atoms with Crippen molar-refractivity contribution in [2.75, 3.05) is 17.4 Å². The number of carbonyl (C=O) groups is 2. The lowest BCUT2D eigenvalue weighted by atomic mass is 10.1. The maximum Gasteiger partial charge on any atom is 0.264 e. The second-order valence-electron chi connectivity index (χ2n) is 9.38. The van der Waals surface area contributed by atoms with E-state index in [1.807, 2.05) is 45.0 Å². The standard InChI is InChI=1S/C30H36IN3O4S/c1-4-6-20-32-30(36)28(5-2)33(21-24-14-12-23(3)13-15-24)29(35)22-34(26-18-16-25(31)17-19-26)39(37,38)27-10-8-7-9-11-27/h7-19,28H,4-6,20-22H2,1-3H3,(H,32,36)/t28-/m1/s1. The van der Waals surface area contributed by atoms with E-state index in [0.717, 1.165) is 31.8 Å². The van der Waals surface area contributed by atoms with Gasteiger partial charge < -0.3 is 10.2 Å². The van der Waals surface area contributed by atoms with E-state index in [4.69, 9.17) is 0 Å². The van der Waals surface area contributed by atoms with Crippen molar-refractivity contribution in [2.24, 2.45) is 0 Å². The lowest BCUT2D eigenvalue weighted by Crippen LogP contribution is -2.52. The molecule has 0 aromatic heterocycles. The first-order valence-electron chi connectivity index (χ1n) is 13.1. The van der Waals surface area contributed by atoms with Crippen LogP contribution in [0.4, 0.5) is 5.69 Å². The number of carbonyl (C=O) groups excluding carboxylic acids is 2. The van der Waals surface area contributed by atoms with Crippen molar-refractivity contribution in [3.63, 3.8) is 0 Å². The Hall–Kier alpha value is -2.92. The normalized spacial score (nSPS) is 12.0. The fraction of sp³-hybridized carbons (Fsp3) is 0.333. The topological polar surface area (TPSA) is 86.8 Å². The average Bonchev–Trinajstić information content (AvgIpc) is 2.93. The number of unbranched alkanes of at least 4 members (excludes halogenated alkanes) is 1. The van der Waals surface area contributed by atoms with Gasteiger partial charge in [-0.3, -0.25) is 13.9 Å². The minimum Gasteiger partial charge on any atom is -0.354 e. The van der Waals surface area contributed by atoms with Gasteiger partial charge >= 0.3 is 0 Å². The van der Waals surface area contributed by atoms with Crippen molar-refractivity contribution in [1.82, 2.24) is 10.2 Å². The van der Waals surface area contributed by atoms with E-state index in [9.17, 15) is 18.0 Å². The van der Waals surface area contributed by atoms with E-state index in [2.05, 4.69) is 27.9 Å². The Balaban J connectivity index is 2.01. The van der Waals surface area contributed by atoms with E-state index in [1.54, 1.807) is 42.5 Å². The zero-order valence-electron chi connectivity index (χ0n) is 22.6. The number of nitrogens with one attached hydrogen (secondary N) is 1. The van der Waals surface area contributed by atoms with E-state index < -0.39 is 28.5 Å². The summed E-state index contributed by atoms with van der Waals surface area (Å²) < 4.78 is 29.7. The molecule has 0 fully saturated rings. The highest BCUT2D eigenvalue weighted by Gasteiger charge is 2.33. The SMILES string of the molecule is CCCCNC(=O)[C@@H](CC)N(Cc1ccc(C)cc1)C(=O)CN(c1ccc(I)cc1)S(=O)(=O)c1ccccc1. The van der Waals surface area contributed by atoms with E-state index in [0.29, 0.717) is 18.7 Å². The summed E-state index contributed by atoms with van der Waals surface area (Å²) in [5.74, 6) is -0.690. The van der Waals surface area contributed by atoms with Gasteiger partial charge in [0.1, 0.15) is 12.6 Å². The molecule has 39 heavy (non-hydrogen) atoms. The van der Waals surface area contributed by atoms with Crippen LogP contribution in [0.25, 0.3) is 0 Å². The second kappa shape index (κ2) is 14.5. The molecule has 7 nitrogen and oxygen atoms in total. The molecular formula is C30H36IN3O4S. The van der Waals surface area contributed by atoms with Crippen LogP contribution in [0.15, 0.2) is 83.8 Å². The van der Waals surface area contributed by atoms with Gasteiger partial charge in [0.05, 0.1) is 10.6 Å². The van der Waals surface area contributed by atoms with Gasteiger partial charge in [0, 0.05) is 16.7 Å². The molecule has 0 saturated carbocycles. The molecule has 0 unspecified atom stereocenters. The summed E-state index contributed by atoms with van der Waals surface area (Å²) >= 11 is 2.15.